The molecule has 1 atom stereocenters. The summed E-state index contributed by atoms with van der Waals surface area (Å²) in [5, 5.41) is 0. The molecule has 0 aromatic rings. The molecular formula is C13H27NO2. The van der Waals surface area contributed by atoms with Gasteiger partial charge in [0.05, 0.1) is 12.5 Å². The SMILES string of the molecule is CCCC(CCC(C)(C)C(=O)OC)N(C)C. The Balaban J connectivity index is 4.23. The third-order valence-corrected chi connectivity index (χ3v) is 3.19. The highest BCUT2D eigenvalue weighted by Gasteiger charge is 2.29. The molecule has 0 amide bonds. The summed E-state index contributed by atoms with van der Waals surface area (Å²) in [4.78, 5) is 13.8. The molecule has 96 valence electrons. The Hall–Kier alpha value is -0.570. The van der Waals surface area contributed by atoms with Crippen LogP contribution in [0.3, 0.4) is 0 Å². The number of carbonyl (C=O) groups is 1. The molecule has 16 heavy (non-hydrogen) atoms. The average molecular weight is 229 g/mol. The molecule has 0 aliphatic heterocycles. The number of ether oxygens (including phenoxy) is 1. The summed E-state index contributed by atoms with van der Waals surface area (Å²) in [6.45, 7) is 6.11. The summed E-state index contributed by atoms with van der Waals surface area (Å²) in [7, 11) is 5.66. The van der Waals surface area contributed by atoms with E-state index in [2.05, 4.69) is 25.9 Å². The van der Waals surface area contributed by atoms with Crippen molar-refractivity contribution < 1.29 is 9.53 Å². The number of esters is 1. The minimum atomic E-state index is -0.364. The van der Waals surface area contributed by atoms with Gasteiger partial charge in [0.1, 0.15) is 0 Å². The Kier molecular flexibility index (Phi) is 6.65. The molecule has 3 nitrogen and oxygen atoms in total. The van der Waals surface area contributed by atoms with Crippen LogP contribution in [0, 0.1) is 5.41 Å². The molecule has 0 bridgehead atoms. The smallest absolute Gasteiger partial charge is 0.311 e. The van der Waals surface area contributed by atoms with E-state index >= 15 is 0 Å². The molecule has 0 saturated heterocycles. The fourth-order valence-corrected chi connectivity index (χ4v) is 1.90. The maximum Gasteiger partial charge on any atom is 0.311 e. The first kappa shape index (κ1) is 15.4. The molecule has 0 heterocycles. The van der Waals surface area contributed by atoms with Gasteiger partial charge in [-0.05, 0) is 47.2 Å². The predicted molar refractivity (Wildman–Crippen MR) is 67.4 cm³/mol. The molecule has 0 rings (SSSR count). The maximum atomic E-state index is 11.5. The molecular weight excluding hydrogens is 202 g/mol. The van der Waals surface area contributed by atoms with Crippen LogP contribution in [0.25, 0.3) is 0 Å². The summed E-state index contributed by atoms with van der Waals surface area (Å²) < 4.78 is 4.82. The minimum absolute atomic E-state index is 0.110. The van der Waals surface area contributed by atoms with E-state index in [9.17, 15) is 4.79 Å². The van der Waals surface area contributed by atoms with Gasteiger partial charge < -0.3 is 9.64 Å². The molecule has 0 spiro atoms. The Labute approximate surface area is 100 Å². The standard InChI is InChI=1S/C13H27NO2/c1-7-8-11(14(4)5)9-10-13(2,3)12(15)16-6/h11H,7-10H2,1-6H3. The molecule has 0 radical (unpaired) electrons. The number of hydrogen-bond acceptors (Lipinski definition) is 3. The van der Waals surface area contributed by atoms with Crippen LogP contribution in [0.2, 0.25) is 0 Å². The second-order valence-corrected chi connectivity index (χ2v) is 5.32. The van der Waals surface area contributed by atoms with Crippen LogP contribution >= 0.6 is 0 Å². The Morgan fingerprint density at radius 2 is 1.88 bits per heavy atom. The normalized spacial score (nSPS) is 13.9. The van der Waals surface area contributed by atoms with Crippen LogP contribution in [0.5, 0.6) is 0 Å². The highest BCUT2D eigenvalue weighted by molar-refractivity contribution is 5.75. The first-order valence-corrected chi connectivity index (χ1v) is 6.10. The summed E-state index contributed by atoms with van der Waals surface area (Å²) >= 11 is 0. The van der Waals surface area contributed by atoms with E-state index in [1.165, 1.54) is 20.0 Å². The topological polar surface area (TPSA) is 29.5 Å². The van der Waals surface area contributed by atoms with Crippen LogP contribution < -0.4 is 0 Å². The number of nitrogens with zero attached hydrogens (tertiary/aromatic N) is 1. The van der Waals surface area contributed by atoms with E-state index in [0.29, 0.717) is 6.04 Å². The van der Waals surface area contributed by atoms with Gasteiger partial charge in [-0.1, -0.05) is 13.3 Å². The molecule has 0 N–H and O–H groups in total. The quantitative estimate of drug-likeness (QED) is 0.629. The molecule has 0 aromatic heterocycles. The summed E-state index contributed by atoms with van der Waals surface area (Å²) in [6, 6.07) is 0.564. The van der Waals surface area contributed by atoms with E-state index in [0.717, 1.165) is 12.8 Å². The zero-order valence-corrected chi connectivity index (χ0v) is 11.7. The van der Waals surface area contributed by atoms with Crippen molar-refractivity contribution in [2.45, 2.75) is 52.5 Å². The van der Waals surface area contributed by atoms with Gasteiger partial charge in [-0.2, -0.15) is 0 Å². The van der Waals surface area contributed by atoms with Gasteiger partial charge in [0, 0.05) is 6.04 Å². The first-order chi connectivity index (χ1) is 7.35. The van der Waals surface area contributed by atoms with Gasteiger partial charge in [0.2, 0.25) is 0 Å². The molecule has 0 fully saturated rings. The van der Waals surface area contributed by atoms with Gasteiger partial charge in [-0.15, -0.1) is 0 Å². The monoisotopic (exact) mass is 229 g/mol. The molecule has 0 aliphatic rings. The van der Waals surface area contributed by atoms with Gasteiger partial charge >= 0.3 is 5.97 Å². The van der Waals surface area contributed by atoms with E-state index < -0.39 is 0 Å². The summed E-state index contributed by atoms with van der Waals surface area (Å²) in [6.07, 6.45) is 4.29. The largest absolute Gasteiger partial charge is 0.469 e. The van der Waals surface area contributed by atoms with Gasteiger partial charge in [0.25, 0.3) is 0 Å². The van der Waals surface area contributed by atoms with Crippen LogP contribution in [-0.4, -0.2) is 38.1 Å². The van der Waals surface area contributed by atoms with Gasteiger partial charge in [-0.25, -0.2) is 0 Å². The third-order valence-electron chi connectivity index (χ3n) is 3.19. The Bertz CT molecular complexity index is 212. The number of methoxy groups -OCH3 is 1. The Morgan fingerprint density at radius 1 is 1.31 bits per heavy atom. The van der Waals surface area contributed by atoms with Crippen molar-refractivity contribution in [3.05, 3.63) is 0 Å². The molecule has 0 aliphatic carbocycles. The van der Waals surface area contributed by atoms with Crippen molar-refractivity contribution in [1.29, 1.82) is 0 Å². The van der Waals surface area contributed by atoms with E-state index in [-0.39, 0.29) is 11.4 Å². The van der Waals surface area contributed by atoms with Crippen molar-refractivity contribution >= 4 is 5.97 Å². The predicted octanol–water partition coefficient (Wildman–Crippen LogP) is 2.70. The van der Waals surface area contributed by atoms with Gasteiger partial charge in [-0.3, -0.25) is 4.79 Å². The highest BCUT2D eigenvalue weighted by atomic mass is 16.5. The average Bonchev–Trinajstić information content (AvgIpc) is 2.22. The summed E-state index contributed by atoms with van der Waals surface area (Å²) in [5.74, 6) is -0.110. The highest BCUT2D eigenvalue weighted by Crippen LogP contribution is 2.26. The zero-order chi connectivity index (χ0) is 12.8. The lowest BCUT2D eigenvalue weighted by Gasteiger charge is -2.28. The Morgan fingerprint density at radius 3 is 2.25 bits per heavy atom. The first-order valence-electron chi connectivity index (χ1n) is 6.10. The van der Waals surface area contributed by atoms with Crippen molar-refractivity contribution in [3.63, 3.8) is 0 Å². The van der Waals surface area contributed by atoms with Crippen LogP contribution in [0.1, 0.15) is 46.5 Å². The van der Waals surface area contributed by atoms with Crippen molar-refractivity contribution in [2.24, 2.45) is 5.41 Å². The van der Waals surface area contributed by atoms with Crippen LogP contribution in [0.4, 0.5) is 0 Å². The van der Waals surface area contributed by atoms with Gasteiger partial charge in [0.15, 0.2) is 0 Å². The molecule has 0 aromatic carbocycles. The van der Waals surface area contributed by atoms with E-state index in [1.807, 2.05) is 13.8 Å². The number of carbonyl (C=O) groups excluding carboxylic acids is 1. The van der Waals surface area contributed by atoms with E-state index in [4.69, 9.17) is 4.74 Å². The van der Waals surface area contributed by atoms with E-state index in [1.54, 1.807) is 0 Å². The lowest BCUT2D eigenvalue weighted by atomic mass is 9.85. The maximum absolute atomic E-state index is 11.5. The summed E-state index contributed by atoms with van der Waals surface area (Å²) in [5.41, 5.74) is -0.364. The molecule has 1 unspecified atom stereocenters. The lowest BCUT2D eigenvalue weighted by molar-refractivity contribution is -0.151. The van der Waals surface area contributed by atoms with Crippen LogP contribution in [-0.2, 0) is 9.53 Å². The van der Waals surface area contributed by atoms with Crippen molar-refractivity contribution in [1.82, 2.24) is 4.90 Å². The second-order valence-electron chi connectivity index (χ2n) is 5.32. The molecule has 0 saturated carbocycles. The number of rotatable bonds is 7. The van der Waals surface area contributed by atoms with Crippen LogP contribution in [0.15, 0.2) is 0 Å². The lowest BCUT2D eigenvalue weighted by Crippen LogP contribution is -2.32. The minimum Gasteiger partial charge on any atom is -0.469 e. The fraction of sp³-hybridized carbons (Fsp3) is 0.923. The number of hydrogen-bond donors (Lipinski definition) is 0. The van der Waals surface area contributed by atoms with Crippen molar-refractivity contribution in [3.8, 4) is 0 Å². The van der Waals surface area contributed by atoms with Crippen molar-refractivity contribution in [2.75, 3.05) is 21.2 Å². The molecule has 3 heteroatoms. The third kappa shape index (κ3) is 4.97. The fourth-order valence-electron chi connectivity index (χ4n) is 1.90. The second kappa shape index (κ2) is 6.89. The zero-order valence-electron chi connectivity index (χ0n) is 11.7.